The first kappa shape index (κ1) is 17.2. The summed E-state index contributed by atoms with van der Waals surface area (Å²) in [6, 6.07) is 6.62. The molecule has 1 saturated carbocycles. The fourth-order valence-corrected chi connectivity index (χ4v) is 5.44. The summed E-state index contributed by atoms with van der Waals surface area (Å²) in [6.45, 7) is 6.67. The molecule has 4 rings (SSSR count). The molecule has 4 nitrogen and oxygen atoms in total. The predicted octanol–water partition coefficient (Wildman–Crippen LogP) is 4.09. The lowest BCUT2D eigenvalue weighted by Crippen LogP contribution is -2.45. The Balaban J connectivity index is 1.56. The van der Waals surface area contributed by atoms with Crippen molar-refractivity contribution in [2.24, 2.45) is 11.0 Å². The second kappa shape index (κ2) is 6.51. The number of hydrogen-bond acceptors (Lipinski definition) is 5. The highest BCUT2D eigenvalue weighted by Crippen LogP contribution is 2.40. The molecule has 0 spiro atoms. The van der Waals surface area contributed by atoms with E-state index in [0.29, 0.717) is 5.92 Å². The highest BCUT2D eigenvalue weighted by molar-refractivity contribution is 7.99. The van der Waals surface area contributed by atoms with Gasteiger partial charge in [-0.15, -0.1) is 11.8 Å². The van der Waals surface area contributed by atoms with Gasteiger partial charge in [0.15, 0.2) is 0 Å². The molecule has 2 heterocycles. The minimum absolute atomic E-state index is 0.0261. The van der Waals surface area contributed by atoms with Crippen LogP contribution in [0.5, 0.6) is 0 Å². The topological polar surface area (TPSA) is 47.9 Å². The van der Waals surface area contributed by atoms with Crippen molar-refractivity contribution in [1.82, 2.24) is 5.01 Å². The Bertz CT molecular complexity index is 682. The van der Waals surface area contributed by atoms with Gasteiger partial charge in [-0.1, -0.05) is 12.1 Å². The highest BCUT2D eigenvalue weighted by atomic mass is 32.2. The molecule has 1 aliphatic carbocycles. The molecule has 3 unspecified atom stereocenters. The van der Waals surface area contributed by atoms with E-state index >= 15 is 0 Å². The first-order valence-electron chi connectivity index (χ1n) is 9.48. The van der Waals surface area contributed by atoms with E-state index in [1.165, 1.54) is 34.0 Å². The third-order valence-corrected chi connectivity index (χ3v) is 6.71. The van der Waals surface area contributed by atoms with Crippen LogP contribution in [0, 0.1) is 5.92 Å². The van der Waals surface area contributed by atoms with Crippen molar-refractivity contribution >= 4 is 23.2 Å². The predicted molar refractivity (Wildman–Crippen MR) is 105 cm³/mol. The van der Waals surface area contributed by atoms with Gasteiger partial charge in [0.25, 0.3) is 0 Å². The Labute approximate surface area is 155 Å². The monoisotopic (exact) mass is 359 g/mol. The molecule has 1 aromatic carbocycles. The molecule has 0 bridgehead atoms. The van der Waals surface area contributed by atoms with Crippen molar-refractivity contribution in [2.75, 3.05) is 11.1 Å². The van der Waals surface area contributed by atoms with Crippen LogP contribution in [0.4, 0.5) is 5.69 Å². The Kier molecular flexibility index (Phi) is 4.49. The molecule has 0 amide bonds. The van der Waals surface area contributed by atoms with Gasteiger partial charge in [-0.2, -0.15) is 5.10 Å². The van der Waals surface area contributed by atoms with E-state index in [4.69, 9.17) is 5.10 Å². The summed E-state index contributed by atoms with van der Waals surface area (Å²) in [7, 11) is 0. The van der Waals surface area contributed by atoms with E-state index in [9.17, 15) is 5.11 Å². The van der Waals surface area contributed by atoms with Gasteiger partial charge in [0, 0.05) is 34.4 Å². The largest absolute Gasteiger partial charge is 0.393 e. The summed E-state index contributed by atoms with van der Waals surface area (Å²) in [4.78, 5) is 1.42. The molecular formula is C20H29N3OS. The maximum absolute atomic E-state index is 9.91. The van der Waals surface area contributed by atoms with Gasteiger partial charge in [-0.25, -0.2) is 0 Å². The maximum Gasteiger partial charge on any atom is 0.121 e. The van der Waals surface area contributed by atoms with Crippen molar-refractivity contribution in [1.29, 1.82) is 0 Å². The summed E-state index contributed by atoms with van der Waals surface area (Å²) >= 11 is 1.96. The fraction of sp³-hybridized carbons (Fsp3) is 0.650. The highest BCUT2D eigenvalue weighted by Gasteiger charge is 2.38. The Morgan fingerprint density at radius 1 is 1.28 bits per heavy atom. The van der Waals surface area contributed by atoms with Crippen molar-refractivity contribution in [3.63, 3.8) is 0 Å². The van der Waals surface area contributed by atoms with Crippen LogP contribution >= 0.6 is 11.8 Å². The summed E-state index contributed by atoms with van der Waals surface area (Å²) in [6.07, 6.45) is 5.03. The number of aliphatic hydroxyl groups is 1. The zero-order valence-electron chi connectivity index (χ0n) is 15.5. The summed E-state index contributed by atoms with van der Waals surface area (Å²) < 4.78 is 0. The van der Waals surface area contributed by atoms with Crippen molar-refractivity contribution < 1.29 is 5.11 Å². The molecular weight excluding hydrogens is 330 g/mol. The van der Waals surface area contributed by atoms with E-state index in [1.807, 2.05) is 11.8 Å². The zero-order valence-corrected chi connectivity index (χ0v) is 16.3. The van der Waals surface area contributed by atoms with E-state index < -0.39 is 0 Å². The Morgan fingerprint density at radius 2 is 2.12 bits per heavy atom. The second-order valence-corrected chi connectivity index (χ2v) is 9.63. The molecule has 0 radical (unpaired) electrons. The zero-order chi connectivity index (χ0) is 17.6. The molecule has 1 aromatic rings. The number of nitrogens with zero attached hydrogens (tertiary/aromatic N) is 2. The number of aliphatic hydroxyl groups excluding tert-OH is 1. The quantitative estimate of drug-likeness (QED) is 0.853. The smallest absolute Gasteiger partial charge is 0.121 e. The van der Waals surface area contributed by atoms with Crippen LogP contribution in [0.15, 0.2) is 28.2 Å². The summed E-state index contributed by atoms with van der Waals surface area (Å²) in [5.41, 5.74) is 3.96. The summed E-state index contributed by atoms with van der Waals surface area (Å²) in [5, 5.41) is 21.0. The van der Waals surface area contributed by atoms with Crippen molar-refractivity contribution in [3.05, 3.63) is 23.8 Å². The molecule has 0 aromatic heterocycles. The lowest BCUT2D eigenvalue weighted by molar-refractivity contribution is 0.117. The van der Waals surface area contributed by atoms with Crippen LogP contribution in [0.3, 0.4) is 0 Å². The average molecular weight is 360 g/mol. The van der Waals surface area contributed by atoms with Crippen LogP contribution < -0.4 is 5.32 Å². The molecule has 25 heavy (non-hydrogen) atoms. The third-order valence-electron chi connectivity index (χ3n) is 5.53. The summed E-state index contributed by atoms with van der Waals surface area (Å²) in [5.74, 6) is 1.63. The maximum atomic E-state index is 9.91. The number of rotatable bonds is 3. The third kappa shape index (κ3) is 3.41. The lowest BCUT2D eigenvalue weighted by atomic mass is 9.98. The Morgan fingerprint density at radius 3 is 2.84 bits per heavy atom. The van der Waals surface area contributed by atoms with Gasteiger partial charge in [-0.3, -0.25) is 5.01 Å². The standard InChI is InChI=1S/C20H29N3OS/c1-20(2,3)23-18(12-17(22-23)14-7-8-15(24)11-14)21-16-6-4-5-13-9-10-25-19(13)16/h4-6,14-15,18,21,24H,7-12H2,1-3H3. The van der Waals surface area contributed by atoms with Crippen LogP contribution in [0.1, 0.15) is 52.0 Å². The van der Waals surface area contributed by atoms with Crippen LogP contribution in [0.2, 0.25) is 0 Å². The molecule has 3 atom stereocenters. The molecule has 3 aliphatic rings. The SMILES string of the molecule is CC(C)(C)N1N=C(C2CCC(O)C2)CC1Nc1cccc2c1SCC2. The van der Waals surface area contributed by atoms with Crippen LogP contribution in [-0.2, 0) is 6.42 Å². The number of hydrogen-bond donors (Lipinski definition) is 2. The lowest BCUT2D eigenvalue weighted by Gasteiger charge is -2.36. The number of anilines is 1. The van der Waals surface area contributed by atoms with Crippen LogP contribution in [0.25, 0.3) is 0 Å². The first-order valence-corrected chi connectivity index (χ1v) is 10.5. The van der Waals surface area contributed by atoms with Gasteiger partial charge < -0.3 is 10.4 Å². The van der Waals surface area contributed by atoms with Crippen molar-refractivity contribution in [3.8, 4) is 0 Å². The number of aryl methyl sites for hydroxylation is 1. The number of hydrazone groups is 1. The van der Waals surface area contributed by atoms with E-state index in [2.05, 4.69) is 49.3 Å². The average Bonchev–Trinajstić information content (AvgIpc) is 3.25. The molecule has 0 saturated heterocycles. The number of benzene rings is 1. The molecule has 2 aliphatic heterocycles. The molecule has 136 valence electrons. The van der Waals surface area contributed by atoms with Gasteiger partial charge in [0.05, 0.1) is 11.6 Å². The first-order chi connectivity index (χ1) is 11.9. The van der Waals surface area contributed by atoms with Gasteiger partial charge >= 0.3 is 0 Å². The van der Waals surface area contributed by atoms with E-state index in [1.54, 1.807) is 0 Å². The van der Waals surface area contributed by atoms with Gasteiger partial charge in [0.1, 0.15) is 6.17 Å². The normalized spacial score (nSPS) is 29.0. The molecule has 1 fully saturated rings. The number of nitrogens with one attached hydrogen (secondary N) is 1. The van der Waals surface area contributed by atoms with Gasteiger partial charge in [0.2, 0.25) is 0 Å². The number of fused-ring (bicyclic) bond motifs is 1. The van der Waals surface area contributed by atoms with Crippen molar-refractivity contribution in [2.45, 2.75) is 75.6 Å². The van der Waals surface area contributed by atoms with Crippen LogP contribution in [-0.4, -0.2) is 39.4 Å². The molecule has 2 N–H and O–H groups in total. The van der Waals surface area contributed by atoms with E-state index in [0.717, 1.165) is 25.7 Å². The second-order valence-electron chi connectivity index (χ2n) is 8.53. The molecule has 5 heteroatoms. The number of thioether (sulfide) groups is 1. The Hall–Kier alpha value is -1.20. The van der Waals surface area contributed by atoms with Gasteiger partial charge in [-0.05, 0) is 58.1 Å². The minimum Gasteiger partial charge on any atom is -0.393 e. The fourth-order valence-electron chi connectivity index (χ4n) is 4.28. The van der Waals surface area contributed by atoms with E-state index in [-0.39, 0.29) is 17.8 Å². The minimum atomic E-state index is -0.142.